The van der Waals surface area contributed by atoms with E-state index >= 15 is 0 Å². The summed E-state index contributed by atoms with van der Waals surface area (Å²) in [6.45, 7) is 0. The second-order valence-corrected chi connectivity index (χ2v) is 5.00. The van der Waals surface area contributed by atoms with E-state index in [0.29, 0.717) is 16.6 Å². The van der Waals surface area contributed by atoms with Crippen LogP contribution in [0.3, 0.4) is 0 Å². The third kappa shape index (κ3) is 4.64. The molecule has 1 aromatic carbocycles. The fourth-order valence-electron chi connectivity index (χ4n) is 1.66. The number of guanidine groups is 1. The van der Waals surface area contributed by atoms with Crippen molar-refractivity contribution in [2.45, 2.75) is 0 Å². The Morgan fingerprint density at radius 2 is 2.26 bits per heavy atom. The minimum Gasteiger partial charge on any atom is -0.370 e. The van der Waals surface area contributed by atoms with Crippen molar-refractivity contribution in [2.75, 3.05) is 17.7 Å². The maximum Gasteiger partial charge on any atom is 0.274 e. The highest BCUT2D eigenvalue weighted by Crippen LogP contribution is 2.24. The zero-order valence-corrected chi connectivity index (χ0v) is 12.8. The number of benzene rings is 1. The molecule has 0 unspecified atom stereocenters. The highest BCUT2D eigenvalue weighted by Gasteiger charge is 2.08. The van der Waals surface area contributed by atoms with Gasteiger partial charge in [-0.1, -0.05) is 12.1 Å². The average Bonchev–Trinajstić information content (AvgIpc) is 2.94. The Labute approximate surface area is 135 Å². The molecule has 0 aliphatic heterocycles. The number of aromatic nitrogens is 2. The van der Waals surface area contributed by atoms with Gasteiger partial charge in [-0.3, -0.25) is 15.5 Å². The lowest BCUT2D eigenvalue weighted by atomic mass is 10.2. The summed E-state index contributed by atoms with van der Waals surface area (Å²) >= 11 is 1.08. The van der Waals surface area contributed by atoms with Crippen molar-refractivity contribution in [3.05, 3.63) is 46.4 Å². The van der Waals surface area contributed by atoms with E-state index < -0.39 is 4.92 Å². The maximum atomic E-state index is 10.5. The second kappa shape index (κ2) is 7.17. The molecule has 0 radical (unpaired) electrons. The SMILES string of the molecule is CNC(=C[N+](=O)[O-])Nc1cccc(-c2nsc(NC(=N)N)n2)c1. The standard InChI is InChI=1S/C12H14N8O2S/c1-15-9(6-20(21)22)16-8-4-2-3-7(5-8)10-17-12(23-19-10)18-11(13)14/h2-6,15-16H,1H3,(H4,13,14,17,18,19). The van der Waals surface area contributed by atoms with E-state index in [2.05, 4.69) is 25.3 Å². The Balaban J connectivity index is 2.21. The first kappa shape index (κ1) is 16.2. The molecule has 0 bridgehead atoms. The Morgan fingerprint density at radius 3 is 2.91 bits per heavy atom. The molecule has 0 spiro atoms. The van der Waals surface area contributed by atoms with E-state index in [1.807, 2.05) is 0 Å². The van der Waals surface area contributed by atoms with Crippen LogP contribution >= 0.6 is 11.5 Å². The molecule has 0 atom stereocenters. The largest absolute Gasteiger partial charge is 0.370 e. The highest BCUT2D eigenvalue weighted by atomic mass is 32.1. The van der Waals surface area contributed by atoms with Gasteiger partial charge in [0.2, 0.25) is 5.13 Å². The second-order valence-electron chi connectivity index (χ2n) is 4.25. The lowest BCUT2D eigenvalue weighted by molar-refractivity contribution is -0.403. The first-order chi connectivity index (χ1) is 11.0. The molecule has 2 aromatic rings. The van der Waals surface area contributed by atoms with Crippen LogP contribution in [0.5, 0.6) is 0 Å². The summed E-state index contributed by atoms with van der Waals surface area (Å²) < 4.78 is 4.18. The van der Waals surface area contributed by atoms with Gasteiger partial charge < -0.3 is 21.7 Å². The van der Waals surface area contributed by atoms with E-state index in [0.717, 1.165) is 23.3 Å². The molecule has 11 heteroatoms. The van der Waals surface area contributed by atoms with Gasteiger partial charge in [0.1, 0.15) is 0 Å². The molecule has 23 heavy (non-hydrogen) atoms. The van der Waals surface area contributed by atoms with Crippen LogP contribution in [0.25, 0.3) is 11.4 Å². The van der Waals surface area contributed by atoms with Crippen molar-refractivity contribution in [1.29, 1.82) is 5.41 Å². The zero-order chi connectivity index (χ0) is 16.8. The molecule has 10 nitrogen and oxygen atoms in total. The normalized spacial score (nSPS) is 10.9. The van der Waals surface area contributed by atoms with E-state index in [1.54, 1.807) is 31.3 Å². The summed E-state index contributed by atoms with van der Waals surface area (Å²) in [5.74, 6) is 0.496. The summed E-state index contributed by atoms with van der Waals surface area (Å²) in [6, 6.07) is 7.09. The molecule has 0 saturated carbocycles. The predicted octanol–water partition coefficient (Wildman–Crippen LogP) is 1.22. The van der Waals surface area contributed by atoms with Gasteiger partial charge in [0.05, 0.1) is 4.92 Å². The van der Waals surface area contributed by atoms with Crippen LogP contribution in [0.1, 0.15) is 0 Å². The molecule has 0 amide bonds. The average molecular weight is 334 g/mol. The van der Waals surface area contributed by atoms with Crippen LogP contribution in [0, 0.1) is 15.5 Å². The van der Waals surface area contributed by atoms with Gasteiger partial charge in [-0.2, -0.15) is 9.36 Å². The smallest absolute Gasteiger partial charge is 0.274 e. The van der Waals surface area contributed by atoms with Crippen LogP contribution in [-0.2, 0) is 0 Å². The van der Waals surface area contributed by atoms with E-state index in [4.69, 9.17) is 11.1 Å². The lowest BCUT2D eigenvalue weighted by Gasteiger charge is -2.08. The number of hydrogen-bond donors (Lipinski definition) is 5. The maximum absolute atomic E-state index is 10.5. The summed E-state index contributed by atoms with van der Waals surface area (Å²) in [5.41, 5.74) is 6.60. The molecular weight excluding hydrogens is 320 g/mol. The van der Waals surface area contributed by atoms with Gasteiger partial charge in [-0.15, -0.1) is 0 Å². The van der Waals surface area contributed by atoms with Crippen molar-refractivity contribution < 1.29 is 4.92 Å². The summed E-state index contributed by atoms with van der Waals surface area (Å²) in [5, 5.41) is 26.3. The van der Waals surface area contributed by atoms with Crippen molar-refractivity contribution in [1.82, 2.24) is 14.7 Å². The lowest BCUT2D eigenvalue weighted by Crippen LogP contribution is -2.20. The molecule has 0 aliphatic carbocycles. The van der Waals surface area contributed by atoms with Crippen LogP contribution in [-0.4, -0.2) is 27.3 Å². The summed E-state index contributed by atoms with van der Waals surface area (Å²) in [7, 11) is 1.58. The summed E-state index contributed by atoms with van der Waals surface area (Å²) in [4.78, 5) is 14.2. The van der Waals surface area contributed by atoms with Gasteiger partial charge in [-0.25, -0.2) is 0 Å². The molecule has 120 valence electrons. The number of hydrogen-bond acceptors (Lipinski definition) is 8. The third-order valence-electron chi connectivity index (χ3n) is 2.57. The minimum atomic E-state index is -0.551. The molecular formula is C12H14N8O2S. The molecule has 2 rings (SSSR count). The van der Waals surface area contributed by atoms with E-state index in [-0.39, 0.29) is 11.8 Å². The monoisotopic (exact) mass is 334 g/mol. The fraction of sp³-hybridized carbons (Fsp3) is 0.0833. The third-order valence-corrected chi connectivity index (χ3v) is 3.20. The topological polar surface area (TPSA) is 155 Å². The molecule has 0 aliphatic rings. The zero-order valence-electron chi connectivity index (χ0n) is 12.0. The Bertz CT molecular complexity index is 757. The molecule has 1 aromatic heterocycles. The Hall–Kier alpha value is -3.21. The summed E-state index contributed by atoms with van der Waals surface area (Å²) in [6.07, 6.45) is 0.836. The first-order valence-electron chi connectivity index (χ1n) is 6.33. The van der Waals surface area contributed by atoms with Gasteiger partial charge in [0.25, 0.3) is 6.20 Å². The minimum absolute atomic E-state index is 0.216. The van der Waals surface area contributed by atoms with Crippen molar-refractivity contribution in [3.8, 4) is 11.4 Å². The number of nitrogens with zero attached hydrogens (tertiary/aromatic N) is 3. The van der Waals surface area contributed by atoms with Crippen LogP contribution in [0.2, 0.25) is 0 Å². The van der Waals surface area contributed by atoms with Crippen LogP contribution in [0.15, 0.2) is 36.3 Å². The highest BCUT2D eigenvalue weighted by molar-refractivity contribution is 7.10. The Kier molecular flexibility index (Phi) is 5.04. The first-order valence-corrected chi connectivity index (χ1v) is 7.10. The molecule has 1 heterocycles. The van der Waals surface area contributed by atoms with Gasteiger partial charge >= 0.3 is 0 Å². The van der Waals surface area contributed by atoms with Crippen LogP contribution < -0.4 is 21.7 Å². The number of nitrogens with one attached hydrogen (secondary N) is 4. The van der Waals surface area contributed by atoms with Gasteiger partial charge in [0, 0.05) is 29.8 Å². The molecule has 0 fully saturated rings. The number of rotatable bonds is 6. The van der Waals surface area contributed by atoms with E-state index in [1.165, 1.54) is 0 Å². The fourth-order valence-corrected chi connectivity index (χ4v) is 2.27. The van der Waals surface area contributed by atoms with Crippen molar-refractivity contribution in [3.63, 3.8) is 0 Å². The van der Waals surface area contributed by atoms with Gasteiger partial charge in [-0.05, 0) is 12.1 Å². The van der Waals surface area contributed by atoms with Crippen molar-refractivity contribution in [2.24, 2.45) is 5.73 Å². The van der Waals surface area contributed by atoms with Crippen LogP contribution in [0.4, 0.5) is 10.8 Å². The van der Waals surface area contributed by atoms with Crippen molar-refractivity contribution >= 4 is 28.3 Å². The Morgan fingerprint density at radius 1 is 1.48 bits per heavy atom. The number of nitrogens with two attached hydrogens (primary N) is 1. The molecule has 6 N–H and O–H groups in total. The number of anilines is 2. The number of nitro groups is 1. The quantitative estimate of drug-likeness (QED) is 0.228. The molecule has 0 saturated heterocycles. The predicted molar refractivity (Wildman–Crippen MR) is 88.6 cm³/mol. The van der Waals surface area contributed by atoms with Gasteiger partial charge in [0.15, 0.2) is 17.6 Å². The van der Waals surface area contributed by atoms with E-state index in [9.17, 15) is 10.1 Å².